The van der Waals surface area contributed by atoms with Gasteiger partial charge in [-0.1, -0.05) is 12.8 Å². The molecule has 0 spiro atoms. The summed E-state index contributed by atoms with van der Waals surface area (Å²) in [6.45, 7) is -0.299. The van der Waals surface area contributed by atoms with Crippen LogP contribution in [0, 0.1) is 5.92 Å². The van der Waals surface area contributed by atoms with Gasteiger partial charge in [0.15, 0.2) is 11.7 Å². The van der Waals surface area contributed by atoms with Crippen molar-refractivity contribution >= 4 is 28.3 Å². The Morgan fingerprint density at radius 3 is 2.70 bits per heavy atom. The van der Waals surface area contributed by atoms with E-state index in [0.717, 1.165) is 31.2 Å². The molecule has 8 heteroatoms. The molecular weight excluding hydrogens is 368 g/mol. The van der Waals surface area contributed by atoms with E-state index in [4.69, 9.17) is 14.2 Å². The molecule has 144 valence electrons. The van der Waals surface area contributed by atoms with Crippen molar-refractivity contribution in [2.75, 3.05) is 26.1 Å². The summed E-state index contributed by atoms with van der Waals surface area (Å²) in [5, 5.41) is 4.91. The number of hydrogen-bond acceptors (Lipinski definition) is 7. The predicted molar refractivity (Wildman–Crippen MR) is 102 cm³/mol. The lowest BCUT2D eigenvalue weighted by Gasteiger charge is -2.09. The topological polar surface area (TPSA) is 86.8 Å². The molecule has 1 fully saturated rings. The fraction of sp³-hybridized carbons (Fsp3) is 0.421. The van der Waals surface area contributed by atoms with Crippen LogP contribution < -0.4 is 14.8 Å². The van der Waals surface area contributed by atoms with E-state index in [1.165, 1.54) is 11.3 Å². The highest BCUT2D eigenvalue weighted by Crippen LogP contribution is 2.35. The third kappa shape index (κ3) is 4.77. The zero-order chi connectivity index (χ0) is 19.2. The van der Waals surface area contributed by atoms with Crippen LogP contribution in [0.3, 0.4) is 0 Å². The number of benzene rings is 1. The number of esters is 1. The lowest BCUT2D eigenvalue weighted by molar-refractivity contribution is -0.151. The van der Waals surface area contributed by atoms with Gasteiger partial charge in [-0.25, -0.2) is 4.98 Å². The van der Waals surface area contributed by atoms with Crippen LogP contribution >= 0.6 is 11.3 Å². The second-order valence-corrected chi connectivity index (χ2v) is 7.10. The summed E-state index contributed by atoms with van der Waals surface area (Å²) in [4.78, 5) is 28.3. The minimum absolute atomic E-state index is 0.0650. The summed E-state index contributed by atoms with van der Waals surface area (Å²) < 4.78 is 15.7. The van der Waals surface area contributed by atoms with Crippen molar-refractivity contribution in [3.05, 3.63) is 23.6 Å². The van der Waals surface area contributed by atoms with Crippen LogP contribution in [0.1, 0.15) is 25.7 Å². The van der Waals surface area contributed by atoms with Crippen LogP contribution in [-0.2, 0) is 14.3 Å². The highest BCUT2D eigenvalue weighted by Gasteiger charge is 2.24. The summed E-state index contributed by atoms with van der Waals surface area (Å²) in [5.74, 6) is 0.584. The zero-order valence-electron chi connectivity index (χ0n) is 15.3. The van der Waals surface area contributed by atoms with Crippen LogP contribution in [-0.4, -0.2) is 37.7 Å². The Morgan fingerprint density at radius 1 is 1.22 bits per heavy atom. The van der Waals surface area contributed by atoms with Gasteiger partial charge in [0.05, 0.1) is 25.8 Å². The first kappa shape index (κ1) is 19.2. The maximum Gasteiger partial charge on any atom is 0.309 e. The number of rotatable bonds is 7. The van der Waals surface area contributed by atoms with E-state index in [2.05, 4.69) is 10.3 Å². The Hall–Kier alpha value is -2.61. The fourth-order valence-electron chi connectivity index (χ4n) is 3.04. The molecule has 1 aromatic heterocycles. The molecule has 0 unspecified atom stereocenters. The molecule has 27 heavy (non-hydrogen) atoms. The zero-order valence-corrected chi connectivity index (χ0v) is 16.1. The molecule has 1 aliphatic carbocycles. The molecular formula is C19H22N2O5S. The molecule has 1 saturated carbocycles. The SMILES string of the molecule is COc1ccc(OC)c(-c2csc(NC(=O)COC(=O)C3CCCC3)n2)c1. The number of nitrogens with one attached hydrogen (secondary N) is 1. The number of thiazole rings is 1. The second kappa shape index (κ2) is 8.85. The molecule has 1 aliphatic rings. The summed E-state index contributed by atoms with van der Waals surface area (Å²) >= 11 is 1.29. The largest absolute Gasteiger partial charge is 0.497 e. The highest BCUT2D eigenvalue weighted by atomic mass is 32.1. The second-order valence-electron chi connectivity index (χ2n) is 6.24. The van der Waals surface area contributed by atoms with E-state index >= 15 is 0 Å². The Labute approximate surface area is 161 Å². The van der Waals surface area contributed by atoms with E-state index in [-0.39, 0.29) is 18.5 Å². The molecule has 0 aliphatic heterocycles. The first-order chi connectivity index (χ1) is 13.1. The molecule has 2 aromatic rings. The summed E-state index contributed by atoms with van der Waals surface area (Å²) in [6.07, 6.45) is 3.78. The standard InChI is InChI=1S/C19H22N2O5S/c1-24-13-7-8-16(25-2)14(9-13)15-11-27-19(20-15)21-17(22)10-26-18(23)12-5-3-4-6-12/h7-9,11-12H,3-6,10H2,1-2H3,(H,20,21,22). The average Bonchev–Trinajstić information content (AvgIpc) is 3.37. The molecule has 7 nitrogen and oxygen atoms in total. The van der Waals surface area contributed by atoms with E-state index < -0.39 is 5.91 Å². The average molecular weight is 390 g/mol. The van der Waals surface area contributed by atoms with Crippen molar-refractivity contribution in [2.45, 2.75) is 25.7 Å². The van der Waals surface area contributed by atoms with Gasteiger partial charge in [-0.3, -0.25) is 14.9 Å². The van der Waals surface area contributed by atoms with Gasteiger partial charge in [0.2, 0.25) is 0 Å². The van der Waals surface area contributed by atoms with Crippen molar-refractivity contribution < 1.29 is 23.8 Å². The minimum Gasteiger partial charge on any atom is -0.497 e. The monoisotopic (exact) mass is 390 g/mol. The molecule has 0 saturated heterocycles. The van der Waals surface area contributed by atoms with Gasteiger partial charge in [-0.05, 0) is 31.0 Å². The maximum absolute atomic E-state index is 12.0. The lowest BCUT2D eigenvalue weighted by Crippen LogP contribution is -2.23. The number of amides is 1. The van der Waals surface area contributed by atoms with E-state index in [1.807, 2.05) is 11.4 Å². The van der Waals surface area contributed by atoms with E-state index in [0.29, 0.717) is 22.3 Å². The van der Waals surface area contributed by atoms with Crippen molar-refractivity contribution in [1.29, 1.82) is 0 Å². The number of nitrogens with zero attached hydrogens (tertiary/aromatic N) is 1. The van der Waals surface area contributed by atoms with Crippen LogP contribution in [0.5, 0.6) is 11.5 Å². The number of carbonyl (C=O) groups excluding carboxylic acids is 2. The normalized spacial score (nSPS) is 14.0. The van der Waals surface area contributed by atoms with Gasteiger partial charge < -0.3 is 14.2 Å². The van der Waals surface area contributed by atoms with Gasteiger partial charge >= 0.3 is 5.97 Å². The van der Waals surface area contributed by atoms with Gasteiger partial charge in [0, 0.05) is 10.9 Å². The number of methoxy groups -OCH3 is 2. The number of aromatic nitrogens is 1. The van der Waals surface area contributed by atoms with Gasteiger partial charge in [-0.15, -0.1) is 11.3 Å². The number of carbonyl (C=O) groups is 2. The lowest BCUT2D eigenvalue weighted by atomic mass is 10.1. The molecule has 1 amide bonds. The smallest absolute Gasteiger partial charge is 0.309 e. The van der Waals surface area contributed by atoms with Gasteiger partial charge in [0.1, 0.15) is 11.5 Å². The maximum atomic E-state index is 12.0. The Bertz CT molecular complexity index is 814. The van der Waals surface area contributed by atoms with Gasteiger partial charge in [-0.2, -0.15) is 0 Å². The van der Waals surface area contributed by atoms with Crippen LogP contribution in [0.25, 0.3) is 11.3 Å². The predicted octanol–water partition coefficient (Wildman–Crippen LogP) is 3.50. The first-order valence-corrected chi connectivity index (χ1v) is 9.63. The third-order valence-electron chi connectivity index (χ3n) is 4.47. The van der Waals surface area contributed by atoms with Crippen LogP contribution in [0.4, 0.5) is 5.13 Å². The quantitative estimate of drug-likeness (QED) is 0.728. The molecule has 1 N–H and O–H groups in total. The molecule has 3 rings (SSSR count). The minimum atomic E-state index is -0.403. The number of ether oxygens (including phenoxy) is 3. The summed E-state index contributed by atoms with van der Waals surface area (Å²) in [7, 11) is 3.17. The Kier molecular flexibility index (Phi) is 6.28. The van der Waals surface area contributed by atoms with E-state index in [1.54, 1.807) is 26.4 Å². The van der Waals surface area contributed by atoms with E-state index in [9.17, 15) is 9.59 Å². The van der Waals surface area contributed by atoms with Crippen molar-refractivity contribution in [2.24, 2.45) is 5.92 Å². The molecule has 0 bridgehead atoms. The molecule has 1 aromatic carbocycles. The van der Waals surface area contributed by atoms with Crippen molar-refractivity contribution in [3.63, 3.8) is 0 Å². The Balaban J connectivity index is 1.60. The first-order valence-electron chi connectivity index (χ1n) is 8.75. The van der Waals surface area contributed by atoms with Crippen LogP contribution in [0.15, 0.2) is 23.6 Å². The van der Waals surface area contributed by atoms with Crippen LogP contribution in [0.2, 0.25) is 0 Å². The highest BCUT2D eigenvalue weighted by molar-refractivity contribution is 7.14. The molecule has 0 atom stereocenters. The number of anilines is 1. The summed E-state index contributed by atoms with van der Waals surface area (Å²) in [5.41, 5.74) is 1.43. The molecule has 0 radical (unpaired) electrons. The third-order valence-corrected chi connectivity index (χ3v) is 5.22. The number of hydrogen-bond donors (Lipinski definition) is 1. The summed E-state index contributed by atoms with van der Waals surface area (Å²) in [6, 6.07) is 5.42. The Morgan fingerprint density at radius 2 is 2.00 bits per heavy atom. The van der Waals surface area contributed by atoms with Crippen molar-refractivity contribution in [1.82, 2.24) is 4.98 Å². The van der Waals surface area contributed by atoms with Gasteiger partial charge in [0.25, 0.3) is 5.91 Å². The van der Waals surface area contributed by atoms with Crippen molar-refractivity contribution in [3.8, 4) is 22.8 Å². The fourth-order valence-corrected chi connectivity index (χ4v) is 3.77. The molecule has 1 heterocycles.